The van der Waals surface area contributed by atoms with Crippen molar-refractivity contribution in [1.29, 1.82) is 0 Å². The van der Waals surface area contributed by atoms with Crippen LogP contribution in [0.5, 0.6) is 0 Å². The van der Waals surface area contributed by atoms with Gasteiger partial charge in [-0.1, -0.05) is 78.9 Å². The molecule has 144 valence electrons. The predicted octanol–water partition coefficient (Wildman–Crippen LogP) is 5.85. The average Bonchev–Trinajstić information content (AvgIpc) is 2.75. The fourth-order valence-corrected chi connectivity index (χ4v) is 4.44. The zero-order valence-corrected chi connectivity index (χ0v) is 16.8. The standard InChI is InChI=1S/C23H21ClO3S/c24-17-16-22(19-10-4-1-5-11-19)27-18-23(20-12-6-2-7-13-20)28(25,26)21-14-8-3-9-15-21/h1-15,18,22H,16-17H2/b23-18-/t22-/m1/s1. The molecule has 3 aromatic rings. The van der Waals surface area contributed by atoms with Crippen LogP contribution in [0.25, 0.3) is 4.91 Å². The van der Waals surface area contributed by atoms with Gasteiger partial charge in [0.1, 0.15) is 17.3 Å². The summed E-state index contributed by atoms with van der Waals surface area (Å²) in [5.74, 6) is 0.402. The number of alkyl halides is 1. The smallest absolute Gasteiger partial charge is 0.210 e. The lowest BCUT2D eigenvalue weighted by atomic mass is 10.1. The Morgan fingerprint density at radius 1 is 0.857 bits per heavy atom. The summed E-state index contributed by atoms with van der Waals surface area (Å²) in [5.41, 5.74) is 1.52. The molecule has 0 N–H and O–H groups in total. The first-order chi connectivity index (χ1) is 13.6. The molecule has 0 aromatic heterocycles. The maximum Gasteiger partial charge on any atom is 0.210 e. The van der Waals surface area contributed by atoms with Gasteiger partial charge >= 0.3 is 0 Å². The molecule has 0 saturated heterocycles. The lowest BCUT2D eigenvalue weighted by Crippen LogP contribution is -2.07. The third-order valence-electron chi connectivity index (χ3n) is 4.28. The molecular weight excluding hydrogens is 392 g/mol. The van der Waals surface area contributed by atoms with E-state index in [9.17, 15) is 8.42 Å². The van der Waals surface area contributed by atoms with E-state index in [1.54, 1.807) is 54.6 Å². The van der Waals surface area contributed by atoms with E-state index in [0.29, 0.717) is 17.9 Å². The van der Waals surface area contributed by atoms with Crippen molar-refractivity contribution in [3.63, 3.8) is 0 Å². The van der Waals surface area contributed by atoms with E-state index in [1.165, 1.54) is 6.26 Å². The minimum absolute atomic E-state index is 0.120. The number of halogens is 1. The quantitative estimate of drug-likeness (QED) is 0.344. The number of sulfone groups is 1. The molecular formula is C23H21ClO3S. The van der Waals surface area contributed by atoms with Crippen LogP contribution in [-0.4, -0.2) is 14.3 Å². The minimum atomic E-state index is -3.74. The molecule has 0 aliphatic heterocycles. The maximum absolute atomic E-state index is 13.3. The second kappa shape index (κ2) is 9.58. The first kappa shape index (κ1) is 20.2. The van der Waals surface area contributed by atoms with Crippen LogP contribution < -0.4 is 0 Å². The molecule has 0 radical (unpaired) electrons. The summed E-state index contributed by atoms with van der Waals surface area (Å²) in [5, 5.41) is 0. The highest BCUT2D eigenvalue weighted by atomic mass is 35.5. The Bertz CT molecular complexity index is 1000. The Labute approximate surface area is 171 Å². The van der Waals surface area contributed by atoms with Crippen LogP contribution >= 0.6 is 11.6 Å². The van der Waals surface area contributed by atoms with Gasteiger partial charge < -0.3 is 4.74 Å². The first-order valence-corrected chi connectivity index (χ1v) is 11.0. The molecule has 3 aromatic carbocycles. The van der Waals surface area contributed by atoms with E-state index < -0.39 is 9.84 Å². The van der Waals surface area contributed by atoms with Gasteiger partial charge in [0.15, 0.2) is 0 Å². The van der Waals surface area contributed by atoms with E-state index in [1.807, 2.05) is 36.4 Å². The molecule has 0 bridgehead atoms. The molecule has 0 amide bonds. The molecule has 1 atom stereocenters. The third-order valence-corrected chi connectivity index (χ3v) is 6.31. The van der Waals surface area contributed by atoms with E-state index in [-0.39, 0.29) is 15.9 Å². The van der Waals surface area contributed by atoms with Gasteiger partial charge in [-0.25, -0.2) is 8.42 Å². The fraction of sp³-hybridized carbons (Fsp3) is 0.130. The summed E-state index contributed by atoms with van der Waals surface area (Å²) in [6.45, 7) is 0. The topological polar surface area (TPSA) is 43.4 Å². The largest absolute Gasteiger partial charge is 0.492 e. The number of benzene rings is 3. The maximum atomic E-state index is 13.3. The number of ether oxygens (including phenoxy) is 1. The van der Waals surface area contributed by atoms with Gasteiger partial charge in [0.05, 0.1) is 4.90 Å². The van der Waals surface area contributed by atoms with Gasteiger partial charge in [0.25, 0.3) is 0 Å². The Hall–Kier alpha value is -2.56. The Kier molecular flexibility index (Phi) is 6.90. The highest BCUT2D eigenvalue weighted by molar-refractivity contribution is 8.00. The Morgan fingerprint density at radius 3 is 1.96 bits per heavy atom. The second-order valence-corrected chi connectivity index (χ2v) is 8.47. The van der Waals surface area contributed by atoms with Crippen LogP contribution in [0.4, 0.5) is 0 Å². The van der Waals surface area contributed by atoms with E-state index >= 15 is 0 Å². The lowest BCUT2D eigenvalue weighted by molar-refractivity contribution is 0.144. The molecule has 0 aliphatic rings. The highest BCUT2D eigenvalue weighted by Crippen LogP contribution is 2.30. The summed E-state index contributed by atoms with van der Waals surface area (Å²) in [6.07, 6.45) is 1.58. The summed E-state index contributed by atoms with van der Waals surface area (Å²) >= 11 is 5.95. The van der Waals surface area contributed by atoms with Gasteiger partial charge in [-0.3, -0.25) is 0 Å². The monoisotopic (exact) mass is 412 g/mol. The van der Waals surface area contributed by atoms with Crippen LogP contribution in [0.1, 0.15) is 23.7 Å². The zero-order valence-electron chi connectivity index (χ0n) is 15.2. The molecule has 3 rings (SSSR count). The van der Waals surface area contributed by atoms with Crippen LogP contribution in [0.15, 0.2) is 102 Å². The van der Waals surface area contributed by atoms with Crippen molar-refractivity contribution < 1.29 is 13.2 Å². The van der Waals surface area contributed by atoms with Gasteiger partial charge in [-0.05, 0) is 23.3 Å². The number of rotatable bonds is 8. The minimum Gasteiger partial charge on any atom is -0.492 e. The van der Waals surface area contributed by atoms with Crippen molar-refractivity contribution in [2.24, 2.45) is 0 Å². The second-order valence-electron chi connectivity index (χ2n) is 6.18. The van der Waals surface area contributed by atoms with Crippen LogP contribution in [-0.2, 0) is 14.6 Å². The summed E-state index contributed by atoms with van der Waals surface area (Å²) in [4.78, 5) is 0.345. The lowest BCUT2D eigenvalue weighted by Gasteiger charge is -2.18. The van der Waals surface area contributed by atoms with E-state index in [4.69, 9.17) is 16.3 Å². The van der Waals surface area contributed by atoms with Crippen molar-refractivity contribution in [2.75, 3.05) is 5.88 Å². The number of hydrogen-bond acceptors (Lipinski definition) is 3. The molecule has 5 heteroatoms. The van der Waals surface area contributed by atoms with Gasteiger partial charge in [0.2, 0.25) is 9.84 Å². The first-order valence-electron chi connectivity index (χ1n) is 8.95. The molecule has 0 unspecified atom stereocenters. The molecule has 0 aliphatic carbocycles. The normalized spacial score (nSPS) is 13.1. The van der Waals surface area contributed by atoms with Gasteiger partial charge in [-0.2, -0.15) is 0 Å². The summed E-state index contributed by atoms with van der Waals surface area (Å²) in [6, 6.07) is 27.0. The van der Waals surface area contributed by atoms with Crippen LogP contribution in [0.3, 0.4) is 0 Å². The van der Waals surface area contributed by atoms with Crippen molar-refractivity contribution >= 4 is 26.3 Å². The molecule has 28 heavy (non-hydrogen) atoms. The van der Waals surface area contributed by atoms with Crippen LogP contribution in [0.2, 0.25) is 0 Å². The predicted molar refractivity (Wildman–Crippen MR) is 114 cm³/mol. The van der Waals surface area contributed by atoms with Crippen molar-refractivity contribution in [2.45, 2.75) is 17.4 Å². The fourth-order valence-electron chi connectivity index (χ4n) is 2.84. The van der Waals surface area contributed by atoms with Crippen molar-refractivity contribution in [3.8, 4) is 0 Å². The Balaban J connectivity index is 2.02. The average molecular weight is 413 g/mol. The zero-order chi connectivity index (χ0) is 19.8. The van der Waals surface area contributed by atoms with Gasteiger partial charge in [-0.15, -0.1) is 11.6 Å². The Morgan fingerprint density at radius 2 is 1.39 bits per heavy atom. The molecule has 0 saturated carbocycles. The van der Waals surface area contributed by atoms with E-state index in [0.717, 1.165) is 5.56 Å². The molecule has 0 fully saturated rings. The SMILES string of the molecule is O=S(=O)(/C(=C\O[C@H](CCCl)c1ccccc1)c1ccccc1)c1ccccc1. The highest BCUT2D eigenvalue weighted by Gasteiger charge is 2.23. The summed E-state index contributed by atoms with van der Waals surface area (Å²) < 4.78 is 32.5. The molecule has 3 nitrogen and oxygen atoms in total. The van der Waals surface area contributed by atoms with Gasteiger partial charge in [0, 0.05) is 12.3 Å². The van der Waals surface area contributed by atoms with E-state index in [2.05, 4.69) is 0 Å². The van der Waals surface area contributed by atoms with Crippen molar-refractivity contribution in [1.82, 2.24) is 0 Å². The van der Waals surface area contributed by atoms with Crippen LogP contribution in [0, 0.1) is 0 Å². The third kappa shape index (κ3) is 4.83. The number of hydrogen-bond donors (Lipinski definition) is 0. The molecule has 0 spiro atoms. The van der Waals surface area contributed by atoms with Crippen molar-refractivity contribution in [3.05, 3.63) is 108 Å². The summed E-state index contributed by atoms with van der Waals surface area (Å²) in [7, 11) is -3.74. The molecule has 0 heterocycles.